The van der Waals surface area contributed by atoms with Crippen LogP contribution >= 0.6 is 11.6 Å². The highest BCUT2D eigenvalue weighted by Crippen LogP contribution is 2.37. The van der Waals surface area contributed by atoms with Crippen molar-refractivity contribution >= 4 is 16.8 Å². The SMILES string of the molecule is CC(C)c1cc2c(c(C(C)C)c1CC(=O)Cl)COC2. The lowest BCUT2D eigenvalue weighted by atomic mass is 9.82. The summed E-state index contributed by atoms with van der Waals surface area (Å²) in [5, 5.41) is -0.289. The zero-order valence-corrected chi connectivity index (χ0v) is 12.8. The van der Waals surface area contributed by atoms with Crippen LogP contribution in [0.5, 0.6) is 0 Å². The van der Waals surface area contributed by atoms with Crippen LogP contribution in [0.15, 0.2) is 6.07 Å². The van der Waals surface area contributed by atoms with Gasteiger partial charge in [-0.25, -0.2) is 0 Å². The van der Waals surface area contributed by atoms with Crippen LogP contribution in [-0.2, 0) is 29.2 Å². The van der Waals surface area contributed by atoms with Gasteiger partial charge in [0.2, 0.25) is 5.24 Å². The average Bonchev–Trinajstić information content (AvgIpc) is 2.73. The van der Waals surface area contributed by atoms with Crippen molar-refractivity contribution in [1.29, 1.82) is 0 Å². The second-order valence-electron chi connectivity index (χ2n) is 5.83. The molecule has 0 aromatic heterocycles. The van der Waals surface area contributed by atoms with E-state index in [1.807, 2.05) is 0 Å². The number of halogens is 1. The summed E-state index contributed by atoms with van der Waals surface area (Å²) in [5.41, 5.74) is 6.18. The maximum Gasteiger partial charge on any atom is 0.226 e. The Bertz CT molecular complexity index is 504. The van der Waals surface area contributed by atoms with Gasteiger partial charge in [-0.15, -0.1) is 0 Å². The van der Waals surface area contributed by atoms with Crippen LogP contribution in [0.25, 0.3) is 0 Å². The largest absolute Gasteiger partial charge is 0.372 e. The number of hydrogen-bond acceptors (Lipinski definition) is 2. The molecule has 19 heavy (non-hydrogen) atoms. The number of benzene rings is 1. The van der Waals surface area contributed by atoms with Crippen LogP contribution < -0.4 is 0 Å². The summed E-state index contributed by atoms with van der Waals surface area (Å²) < 4.78 is 5.58. The van der Waals surface area contributed by atoms with Gasteiger partial charge in [-0.2, -0.15) is 0 Å². The van der Waals surface area contributed by atoms with E-state index >= 15 is 0 Å². The fourth-order valence-corrected chi connectivity index (χ4v) is 3.12. The lowest BCUT2D eigenvalue weighted by Gasteiger charge is -2.22. The van der Waals surface area contributed by atoms with Gasteiger partial charge in [0.15, 0.2) is 0 Å². The molecule has 0 spiro atoms. The van der Waals surface area contributed by atoms with Crippen molar-refractivity contribution < 1.29 is 9.53 Å². The van der Waals surface area contributed by atoms with E-state index in [0.29, 0.717) is 31.5 Å². The van der Waals surface area contributed by atoms with Crippen molar-refractivity contribution in [3.8, 4) is 0 Å². The number of rotatable bonds is 4. The normalized spacial score (nSPS) is 14.3. The molecule has 2 nitrogen and oxygen atoms in total. The minimum absolute atomic E-state index is 0.289. The Labute approximate surface area is 120 Å². The molecular weight excluding hydrogens is 260 g/mol. The van der Waals surface area contributed by atoms with Gasteiger partial charge < -0.3 is 4.74 Å². The molecule has 0 amide bonds. The number of hydrogen-bond donors (Lipinski definition) is 0. The summed E-state index contributed by atoms with van der Waals surface area (Å²) in [6.07, 6.45) is 0.315. The molecule has 1 aliphatic rings. The molecule has 1 heterocycles. The van der Waals surface area contributed by atoms with E-state index in [9.17, 15) is 4.79 Å². The molecule has 0 saturated carbocycles. The van der Waals surface area contributed by atoms with Crippen LogP contribution in [0.2, 0.25) is 0 Å². The summed E-state index contributed by atoms with van der Waals surface area (Å²) in [6.45, 7) is 9.99. The lowest BCUT2D eigenvalue weighted by Crippen LogP contribution is -2.10. The van der Waals surface area contributed by atoms with E-state index in [2.05, 4.69) is 33.8 Å². The van der Waals surface area contributed by atoms with Crippen molar-refractivity contribution in [2.24, 2.45) is 0 Å². The monoisotopic (exact) mass is 280 g/mol. The Morgan fingerprint density at radius 3 is 2.47 bits per heavy atom. The first kappa shape index (κ1) is 14.5. The molecule has 0 aliphatic carbocycles. The molecule has 0 bridgehead atoms. The van der Waals surface area contributed by atoms with Crippen molar-refractivity contribution in [2.75, 3.05) is 0 Å². The first-order chi connectivity index (χ1) is 8.91. The third-order valence-electron chi connectivity index (χ3n) is 3.74. The summed E-state index contributed by atoms with van der Waals surface area (Å²) in [5.74, 6) is 0.759. The molecule has 2 rings (SSSR count). The minimum atomic E-state index is -0.289. The quantitative estimate of drug-likeness (QED) is 0.770. The van der Waals surface area contributed by atoms with Gasteiger partial charge in [-0.05, 0) is 51.3 Å². The first-order valence-corrected chi connectivity index (χ1v) is 7.23. The summed E-state index contributed by atoms with van der Waals surface area (Å²) >= 11 is 5.65. The zero-order valence-electron chi connectivity index (χ0n) is 12.0. The van der Waals surface area contributed by atoms with Gasteiger partial charge in [-0.3, -0.25) is 4.79 Å². The molecule has 1 aromatic rings. The Morgan fingerprint density at radius 1 is 1.26 bits per heavy atom. The second-order valence-corrected chi connectivity index (χ2v) is 6.25. The van der Waals surface area contributed by atoms with E-state index in [4.69, 9.17) is 16.3 Å². The predicted molar refractivity (Wildman–Crippen MR) is 77.7 cm³/mol. The maximum absolute atomic E-state index is 11.4. The summed E-state index contributed by atoms with van der Waals surface area (Å²) in [7, 11) is 0. The van der Waals surface area contributed by atoms with Crippen molar-refractivity contribution in [2.45, 2.75) is 59.2 Å². The minimum Gasteiger partial charge on any atom is -0.372 e. The maximum atomic E-state index is 11.4. The third kappa shape index (κ3) is 2.85. The smallest absolute Gasteiger partial charge is 0.226 e. The Balaban J connectivity index is 2.68. The fourth-order valence-electron chi connectivity index (χ4n) is 2.98. The molecule has 0 unspecified atom stereocenters. The number of carbonyl (C=O) groups is 1. The average molecular weight is 281 g/mol. The molecule has 0 saturated heterocycles. The summed E-state index contributed by atoms with van der Waals surface area (Å²) in [4.78, 5) is 11.4. The Morgan fingerprint density at radius 2 is 1.95 bits per heavy atom. The van der Waals surface area contributed by atoms with Gasteiger partial charge in [0.1, 0.15) is 0 Å². The standard InChI is InChI=1S/C16H21ClO2/c1-9(2)12-5-11-7-19-8-14(11)16(10(3)4)13(12)6-15(17)18/h5,9-10H,6-8H2,1-4H3. The van der Waals surface area contributed by atoms with Crippen LogP contribution in [0.1, 0.15) is 67.3 Å². The fraction of sp³-hybridized carbons (Fsp3) is 0.562. The van der Waals surface area contributed by atoms with Crippen molar-refractivity contribution in [3.63, 3.8) is 0 Å². The molecule has 1 aromatic carbocycles. The number of carbonyl (C=O) groups excluding carboxylic acids is 1. The highest BCUT2D eigenvalue weighted by atomic mass is 35.5. The van der Waals surface area contributed by atoms with Gasteiger partial charge in [0.05, 0.1) is 13.2 Å². The highest BCUT2D eigenvalue weighted by molar-refractivity contribution is 6.63. The van der Waals surface area contributed by atoms with E-state index in [1.54, 1.807) is 0 Å². The van der Waals surface area contributed by atoms with E-state index in [-0.39, 0.29) is 5.24 Å². The van der Waals surface area contributed by atoms with Crippen LogP contribution in [0, 0.1) is 0 Å². The third-order valence-corrected chi connectivity index (χ3v) is 3.87. The van der Waals surface area contributed by atoms with Crippen LogP contribution in [-0.4, -0.2) is 5.24 Å². The molecule has 1 aliphatic heterocycles. The molecular formula is C16H21ClO2. The molecule has 0 atom stereocenters. The topological polar surface area (TPSA) is 26.3 Å². The molecule has 104 valence electrons. The Hall–Kier alpha value is -0.860. The van der Waals surface area contributed by atoms with E-state index in [1.165, 1.54) is 22.3 Å². The van der Waals surface area contributed by atoms with Gasteiger partial charge in [-0.1, -0.05) is 33.8 Å². The van der Waals surface area contributed by atoms with Crippen molar-refractivity contribution in [3.05, 3.63) is 33.9 Å². The van der Waals surface area contributed by atoms with E-state index in [0.717, 1.165) is 5.56 Å². The number of fused-ring (bicyclic) bond motifs is 1. The second kappa shape index (κ2) is 5.64. The first-order valence-electron chi connectivity index (χ1n) is 6.85. The lowest BCUT2D eigenvalue weighted by molar-refractivity contribution is -0.111. The molecule has 0 fully saturated rings. The van der Waals surface area contributed by atoms with Crippen LogP contribution in [0.3, 0.4) is 0 Å². The highest BCUT2D eigenvalue weighted by Gasteiger charge is 2.25. The van der Waals surface area contributed by atoms with Gasteiger partial charge in [0, 0.05) is 6.42 Å². The molecule has 3 heteroatoms. The zero-order chi connectivity index (χ0) is 14.2. The Kier molecular flexibility index (Phi) is 4.32. The number of ether oxygens (including phenoxy) is 1. The van der Waals surface area contributed by atoms with Crippen molar-refractivity contribution in [1.82, 2.24) is 0 Å². The van der Waals surface area contributed by atoms with Gasteiger partial charge in [0.25, 0.3) is 0 Å². The molecule has 0 radical (unpaired) electrons. The van der Waals surface area contributed by atoms with E-state index < -0.39 is 0 Å². The van der Waals surface area contributed by atoms with Gasteiger partial charge >= 0.3 is 0 Å². The summed E-state index contributed by atoms with van der Waals surface area (Å²) in [6, 6.07) is 2.20. The molecule has 0 N–H and O–H groups in total. The predicted octanol–water partition coefficient (Wildman–Crippen LogP) is 4.27. The van der Waals surface area contributed by atoms with Crippen LogP contribution in [0.4, 0.5) is 0 Å².